The van der Waals surface area contributed by atoms with Gasteiger partial charge in [-0.1, -0.05) is 50.0 Å². The van der Waals surface area contributed by atoms with E-state index in [-0.39, 0.29) is 0 Å². The second-order valence-electron chi connectivity index (χ2n) is 5.00. The largest absolute Gasteiger partial charge is 0.0856 e. The van der Waals surface area contributed by atoms with Crippen molar-refractivity contribution in [2.45, 2.75) is 66.7 Å². The molecule has 0 fully saturated rings. The fourth-order valence-electron chi connectivity index (χ4n) is 1.70. The first kappa shape index (κ1) is 14.5. The van der Waals surface area contributed by atoms with Gasteiger partial charge in [-0.2, -0.15) is 0 Å². The van der Waals surface area contributed by atoms with Crippen molar-refractivity contribution in [1.82, 2.24) is 0 Å². The highest BCUT2D eigenvalue weighted by atomic mass is 14.0. The molecule has 0 saturated heterocycles. The average molecular weight is 208 g/mol. The van der Waals surface area contributed by atoms with Crippen LogP contribution in [0.5, 0.6) is 0 Å². The molecule has 0 nitrogen and oxygen atoms in total. The summed E-state index contributed by atoms with van der Waals surface area (Å²) in [6, 6.07) is 0. The minimum absolute atomic E-state index is 0.855. The molecule has 0 aromatic rings. The van der Waals surface area contributed by atoms with Crippen molar-refractivity contribution < 1.29 is 0 Å². The molecule has 0 aromatic heterocycles. The Balaban J connectivity index is 3.74. The first-order chi connectivity index (χ1) is 7.06. The maximum atomic E-state index is 2.43. The molecule has 0 aromatic carbocycles. The molecule has 0 N–H and O–H groups in total. The standard InChI is InChI=1S/C15H28/c1-6-8-14(4)11-12-15(5)10-7-9-13(2)3/h9,12,14H,6-8,10-11H2,1-5H3. The molecule has 0 saturated carbocycles. The highest BCUT2D eigenvalue weighted by molar-refractivity contribution is 5.02. The van der Waals surface area contributed by atoms with Gasteiger partial charge in [0.25, 0.3) is 0 Å². The van der Waals surface area contributed by atoms with Crippen LogP contribution < -0.4 is 0 Å². The summed E-state index contributed by atoms with van der Waals surface area (Å²) in [5, 5.41) is 0. The Morgan fingerprint density at radius 1 is 1.13 bits per heavy atom. The fourth-order valence-corrected chi connectivity index (χ4v) is 1.70. The zero-order chi connectivity index (χ0) is 11.7. The molecule has 0 bridgehead atoms. The smallest absolute Gasteiger partial charge is 0.0288 e. The molecular formula is C15H28. The Morgan fingerprint density at radius 3 is 2.33 bits per heavy atom. The maximum Gasteiger partial charge on any atom is -0.0288 e. The lowest BCUT2D eigenvalue weighted by molar-refractivity contribution is 0.530. The van der Waals surface area contributed by atoms with Crippen LogP contribution in [0, 0.1) is 5.92 Å². The van der Waals surface area contributed by atoms with Gasteiger partial charge in [-0.15, -0.1) is 0 Å². The van der Waals surface area contributed by atoms with Gasteiger partial charge in [-0.25, -0.2) is 0 Å². The lowest BCUT2D eigenvalue weighted by Gasteiger charge is -2.07. The first-order valence-electron chi connectivity index (χ1n) is 6.35. The van der Waals surface area contributed by atoms with E-state index < -0.39 is 0 Å². The summed E-state index contributed by atoms with van der Waals surface area (Å²) in [7, 11) is 0. The molecule has 0 heteroatoms. The van der Waals surface area contributed by atoms with Crippen molar-refractivity contribution in [3.63, 3.8) is 0 Å². The van der Waals surface area contributed by atoms with Gasteiger partial charge < -0.3 is 0 Å². The van der Waals surface area contributed by atoms with Gasteiger partial charge in [-0.3, -0.25) is 0 Å². The number of hydrogen-bond donors (Lipinski definition) is 0. The zero-order valence-corrected chi connectivity index (χ0v) is 11.3. The minimum atomic E-state index is 0.855. The molecule has 1 unspecified atom stereocenters. The Hall–Kier alpha value is -0.520. The van der Waals surface area contributed by atoms with Crippen molar-refractivity contribution in [1.29, 1.82) is 0 Å². The van der Waals surface area contributed by atoms with Gasteiger partial charge >= 0.3 is 0 Å². The third-order valence-electron chi connectivity index (χ3n) is 2.74. The molecule has 0 radical (unpaired) electrons. The van der Waals surface area contributed by atoms with Crippen LogP contribution in [0.25, 0.3) is 0 Å². The molecule has 0 rings (SSSR count). The summed E-state index contributed by atoms with van der Waals surface area (Å²) in [6.07, 6.45) is 11.1. The Kier molecular flexibility index (Phi) is 8.46. The molecule has 0 aliphatic rings. The summed E-state index contributed by atoms with van der Waals surface area (Å²) in [4.78, 5) is 0. The lowest BCUT2D eigenvalue weighted by atomic mass is 10.00. The monoisotopic (exact) mass is 208 g/mol. The maximum absolute atomic E-state index is 2.43. The zero-order valence-electron chi connectivity index (χ0n) is 11.3. The van der Waals surface area contributed by atoms with Gasteiger partial charge in [0.2, 0.25) is 0 Å². The van der Waals surface area contributed by atoms with Crippen molar-refractivity contribution in [3.8, 4) is 0 Å². The topological polar surface area (TPSA) is 0 Å². The van der Waals surface area contributed by atoms with Gasteiger partial charge in [0.15, 0.2) is 0 Å². The van der Waals surface area contributed by atoms with Crippen molar-refractivity contribution in [2.75, 3.05) is 0 Å². The van der Waals surface area contributed by atoms with Crippen LogP contribution in [0.3, 0.4) is 0 Å². The second kappa shape index (κ2) is 8.76. The first-order valence-corrected chi connectivity index (χ1v) is 6.35. The van der Waals surface area contributed by atoms with E-state index in [0.717, 1.165) is 5.92 Å². The van der Waals surface area contributed by atoms with Crippen molar-refractivity contribution >= 4 is 0 Å². The molecule has 0 amide bonds. The summed E-state index contributed by atoms with van der Waals surface area (Å²) in [5.74, 6) is 0.855. The summed E-state index contributed by atoms with van der Waals surface area (Å²) < 4.78 is 0. The van der Waals surface area contributed by atoms with Gasteiger partial charge in [0.1, 0.15) is 0 Å². The van der Waals surface area contributed by atoms with E-state index in [4.69, 9.17) is 0 Å². The molecule has 0 heterocycles. The van der Waals surface area contributed by atoms with Crippen molar-refractivity contribution in [3.05, 3.63) is 23.3 Å². The van der Waals surface area contributed by atoms with Crippen LogP contribution >= 0.6 is 0 Å². The van der Waals surface area contributed by atoms with Crippen LogP contribution in [0.1, 0.15) is 66.7 Å². The lowest BCUT2D eigenvalue weighted by Crippen LogP contribution is -1.91. The summed E-state index contributed by atoms with van der Waals surface area (Å²) in [5.41, 5.74) is 2.98. The summed E-state index contributed by atoms with van der Waals surface area (Å²) in [6.45, 7) is 11.2. The fraction of sp³-hybridized carbons (Fsp3) is 0.733. The summed E-state index contributed by atoms with van der Waals surface area (Å²) >= 11 is 0. The van der Waals surface area contributed by atoms with Crippen LogP contribution in [0.4, 0.5) is 0 Å². The van der Waals surface area contributed by atoms with Crippen molar-refractivity contribution in [2.24, 2.45) is 5.92 Å². The second-order valence-corrected chi connectivity index (χ2v) is 5.00. The normalized spacial score (nSPS) is 13.8. The Bertz CT molecular complexity index is 204. The molecular weight excluding hydrogens is 180 g/mol. The quantitative estimate of drug-likeness (QED) is 0.484. The van der Waals surface area contributed by atoms with Crippen LogP contribution in [0.2, 0.25) is 0 Å². The highest BCUT2D eigenvalue weighted by Crippen LogP contribution is 2.14. The molecule has 0 aliphatic carbocycles. The third kappa shape index (κ3) is 9.78. The van der Waals surface area contributed by atoms with Gasteiger partial charge in [0, 0.05) is 0 Å². The van der Waals surface area contributed by atoms with E-state index in [9.17, 15) is 0 Å². The predicted octanol–water partition coefficient (Wildman–Crippen LogP) is 5.51. The molecule has 0 spiro atoms. The van der Waals surface area contributed by atoms with Gasteiger partial charge in [0.05, 0.1) is 0 Å². The highest BCUT2D eigenvalue weighted by Gasteiger charge is 1.97. The molecule has 88 valence electrons. The number of allylic oxidation sites excluding steroid dienone is 4. The van der Waals surface area contributed by atoms with E-state index in [0.29, 0.717) is 0 Å². The van der Waals surface area contributed by atoms with Crippen LogP contribution in [-0.2, 0) is 0 Å². The van der Waals surface area contributed by atoms with Crippen LogP contribution in [0.15, 0.2) is 23.3 Å². The number of rotatable bonds is 7. The van der Waals surface area contributed by atoms with E-state index in [1.165, 1.54) is 37.7 Å². The molecule has 0 aliphatic heterocycles. The van der Waals surface area contributed by atoms with Gasteiger partial charge in [-0.05, 0) is 46.0 Å². The SMILES string of the molecule is CCCC(C)CC=C(C)CCC=C(C)C. The van der Waals surface area contributed by atoms with E-state index >= 15 is 0 Å². The average Bonchev–Trinajstić information content (AvgIpc) is 2.14. The minimum Gasteiger partial charge on any atom is -0.0856 e. The molecule has 15 heavy (non-hydrogen) atoms. The molecule has 1 atom stereocenters. The number of hydrogen-bond acceptors (Lipinski definition) is 0. The van der Waals surface area contributed by atoms with E-state index in [1.807, 2.05) is 0 Å². The Morgan fingerprint density at radius 2 is 1.80 bits per heavy atom. The van der Waals surface area contributed by atoms with E-state index in [2.05, 4.69) is 46.8 Å². The van der Waals surface area contributed by atoms with Crippen LogP contribution in [-0.4, -0.2) is 0 Å². The van der Waals surface area contributed by atoms with E-state index in [1.54, 1.807) is 5.57 Å². The predicted molar refractivity (Wildman–Crippen MR) is 71.1 cm³/mol. The Labute approximate surface area is 96.5 Å². The third-order valence-corrected chi connectivity index (χ3v) is 2.74.